The Morgan fingerprint density at radius 2 is 2.00 bits per heavy atom. The normalized spacial score (nSPS) is 37.0. The van der Waals surface area contributed by atoms with Crippen molar-refractivity contribution in [3.05, 3.63) is 0 Å². The zero-order valence-electron chi connectivity index (χ0n) is 7.67. The summed E-state index contributed by atoms with van der Waals surface area (Å²) in [5.74, 6) is 0.00213. The first-order chi connectivity index (χ1) is 6.02. The Morgan fingerprint density at radius 1 is 1.38 bits per heavy atom. The molecule has 0 aromatic rings. The fourth-order valence-electron chi connectivity index (χ4n) is 1.80. The van der Waals surface area contributed by atoms with E-state index >= 15 is 0 Å². The van der Waals surface area contributed by atoms with Gasteiger partial charge in [-0.25, -0.2) is 0 Å². The molecule has 0 bridgehead atoms. The van der Waals surface area contributed by atoms with Crippen molar-refractivity contribution in [3.63, 3.8) is 0 Å². The smallest absolute Gasteiger partial charge is 0.220 e. The van der Waals surface area contributed by atoms with E-state index in [0.29, 0.717) is 5.92 Å². The van der Waals surface area contributed by atoms with Crippen LogP contribution < -0.4 is 5.73 Å². The minimum Gasteiger partial charge on any atom is -0.369 e. The molecular weight excluding hydrogens is 209 g/mol. The highest BCUT2D eigenvalue weighted by molar-refractivity contribution is 6.30. The third-order valence-electron chi connectivity index (χ3n) is 2.89. The van der Waals surface area contributed by atoms with E-state index in [-0.39, 0.29) is 22.6 Å². The van der Waals surface area contributed by atoms with Gasteiger partial charge in [-0.1, -0.05) is 6.92 Å². The molecule has 0 aromatic heterocycles. The van der Waals surface area contributed by atoms with Gasteiger partial charge in [-0.3, -0.25) is 4.79 Å². The molecule has 0 aliphatic heterocycles. The number of amides is 1. The van der Waals surface area contributed by atoms with Gasteiger partial charge in [0.2, 0.25) is 5.91 Å². The maximum atomic E-state index is 10.9. The number of rotatable bonds is 2. The molecule has 0 heterocycles. The van der Waals surface area contributed by atoms with Gasteiger partial charge in [0.15, 0.2) is 0 Å². The molecule has 4 unspecified atom stereocenters. The van der Waals surface area contributed by atoms with Crippen LogP contribution in [0.4, 0.5) is 0 Å². The van der Waals surface area contributed by atoms with Gasteiger partial charge in [-0.15, -0.1) is 23.2 Å². The minimum atomic E-state index is -0.234. The number of nitrogens with two attached hydrogens (primary N) is 1. The fourth-order valence-corrected chi connectivity index (χ4v) is 2.38. The number of halogens is 2. The Kier molecular flexibility index (Phi) is 3.87. The molecule has 1 fully saturated rings. The standard InChI is InChI=1S/C9H15Cl2NO/c1-5(9(12)13)6-2-3-7(10)8(11)4-6/h5-8H,2-4H2,1H3,(H2,12,13). The number of carbonyl (C=O) groups is 1. The lowest BCUT2D eigenvalue weighted by Gasteiger charge is -2.31. The summed E-state index contributed by atoms with van der Waals surface area (Å²) in [5.41, 5.74) is 5.23. The van der Waals surface area contributed by atoms with E-state index in [4.69, 9.17) is 28.9 Å². The summed E-state index contributed by atoms with van der Waals surface area (Å²) in [7, 11) is 0. The Morgan fingerprint density at radius 3 is 2.46 bits per heavy atom. The summed E-state index contributed by atoms with van der Waals surface area (Å²) in [6.45, 7) is 1.87. The molecular formula is C9H15Cl2NO. The lowest BCUT2D eigenvalue weighted by atomic mass is 9.80. The molecule has 4 atom stereocenters. The van der Waals surface area contributed by atoms with Gasteiger partial charge in [0.25, 0.3) is 0 Å². The third-order valence-corrected chi connectivity index (χ3v) is 4.02. The molecule has 76 valence electrons. The van der Waals surface area contributed by atoms with Crippen molar-refractivity contribution in [3.8, 4) is 0 Å². The molecule has 1 amide bonds. The van der Waals surface area contributed by atoms with Crippen LogP contribution in [0.25, 0.3) is 0 Å². The molecule has 2 N–H and O–H groups in total. The predicted molar refractivity (Wildman–Crippen MR) is 55.0 cm³/mol. The molecule has 0 aromatic carbocycles. The van der Waals surface area contributed by atoms with Crippen molar-refractivity contribution in [2.24, 2.45) is 17.6 Å². The van der Waals surface area contributed by atoms with Crippen LogP contribution in [0, 0.1) is 11.8 Å². The van der Waals surface area contributed by atoms with E-state index in [1.165, 1.54) is 0 Å². The average molecular weight is 224 g/mol. The monoisotopic (exact) mass is 223 g/mol. The topological polar surface area (TPSA) is 43.1 Å². The van der Waals surface area contributed by atoms with Crippen LogP contribution in [0.15, 0.2) is 0 Å². The Labute approximate surface area is 88.8 Å². The van der Waals surface area contributed by atoms with Crippen molar-refractivity contribution in [2.45, 2.75) is 36.9 Å². The van der Waals surface area contributed by atoms with Gasteiger partial charge in [0, 0.05) is 11.3 Å². The first kappa shape index (κ1) is 11.1. The van der Waals surface area contributed by atoms with Gasteiger partial charge in [-0.2, -0.15) is 0 Å². The molecule has 1 rings (SSSR count). The first-order valence-corrected chi connectivity index (χ1v) is 5.47. The van der Waals surface area contributed by atoms with Gasteiger partial charge < -0.3 is 5.73 Å². The Bertz CT molecular complexity index is 198. The number of hydrogen-bond donors (Lipinski definition) is 1. The Hall–Kier alpha value is 0.0500. The van der Waals surface area contributed by atoms with Crippen molar-refractivity contribution in [1.82, 2.24) is 0 Å². The number of primary amides is 1. The largest absolute Gasteiger partial charge is 0.369 e. The van der Waals surface area contributed by atoms with Gasteiger partial charge in [-0.05, 0) is 25.2 Å². The summed E-state index contributed by atoms with van der Waals surface area (Å²) in [6.07, 6.45) is 2.65. The molecule has 4 heteroatoms. The Balaban J connectivity index is 2.50. The van der Waals surface area contributed by atoms with E-state index in [0.717, 1.165) is 19.3 Å². The molecule has 0 saturated heterocycles. The highest BCUT2D eigenvalue weighted by Gasteiger charge is 2.32. The highest BCUT2D eigenvalue weighted by atomic mass is 35.5. The second kappa shape index (κ2) is 4.52. The van der Waals surface area contributed by atoms with Crippen molar-refractivity contribution >= 4 is 29.1 Å². The zero-order chi connectivity index (χ0) is 10.0. The second-order valence-electron chi connectivity index (χ2n) is 3.80. The molecule has 1 aliphatic carbocycles. The first-order valence-electron chi connectivity index (χ1n) is 4.59. The molecule has 13 heavy (non-hydrogen) atoms. The van der Waals surface area contributed by atoms with Crippen LogP contribution in [0.5, 0.6) is 0 Å². The molecule has 1 aliphatic rings. The second-order valence-corrected chi connectivity index (χ2v) is 4.92. The van der Waals surface area contributed by atoms with E-state index in [9.17, 15) is 4.79 Å². The van der Waals surface area contributed by atoms with Gasteiger partial charge in [0.1, 0.15) is 0 Å². The molecule has 2 nitrogen and oxygen atoms in total. The fraction of sp³-hybridized carbons (Fsp3) is 0.889. The molecule has 1 saturated carbocycles. The van der Waals surface area contributed by atoms with Crippen LogP contribution in [-0.2, 0) is 4.79 Å². The predicted octanol–water partition coefficient (Wildman–Crippen LogP) is 2.12. The zero-order valence-corrected chi connectivity index (χ0v) is 9.18. The van der Waals surface area contributed by atoms with E-state index < -0.39 is 0 Å². The summed E-state index contributed by atoms with van der Waals surface area (Å²) in [5, 5.41) is 0.0419. The average Bonchev–Trinajstić information content (AvgIpc) is 2.08. The van der Waals surface area contributed by atoms with Crippen molar-refractivity contribution in [1.29, 1.82) is 0 Å². The third kappa shape index (κ3) is 2.75. The lowest BCUT2D eigenvalue weighted by molar-refractivity contribution is -0.123. The number of hydrogen-bond acceptors (Lipinski definition) is 1. The number of alkyl halides is 2. The summed E-state index contributed by atoms with van der Waals surface area (Å²) >= 11 is 12.0. The summed E-state index contributed by atoms with van der Waals surface area (Å²) < 4.78 is 0. The summed E-state index contributed by atoms with van der Waals surface area (Å²) in [6, 6.07) is 0. The van der Waals surface area contributed by atoms with Crippen molar-refractivity contribution in [2.75, 3.05) is 0 Å². The van der Waals surface area contributed by atoms with E-state index in [1.54, 1.807) is 0 Å². The van der Waals surface area contributed by atoms with Gasteiger partial charge >= 0.3 is 0 Å². The van der Waals surface area contributed by atoms with E-state index in [2.05, 4.69) is 0 Å². The molecule has 0 radical (unpaired) electrons. The minimum absolute atomic E-state index is 0.0118. The van der Waals surface area contributed by atoms with Crippen molar-refractivity contribution < 1.29 is 4.79 Å². The van der Waals surface area contributed by atoms with Crippen LogP contribution in [0.2, 0.25) is 0 Å². The lowest BCUT2D eigenvalue weighted by Crippen LogP contribution is -2.34. The van der Waals surface area contributed by atoms with Crippen LogP contribution >= 0.6 is 23.2 Å². The van der Waals surface area contributed by atoms with E-state index in [1.807, 2.05) is 6.92 Å². The van der Waals surface area contributed by atoms with Crippen LogP contribution in [0.3, 0.4) is 0 Å². The maximum Gasteiger partial charge on any atom is 0.220 e. The summed E-state index contributed by atoms with van der Waals surface area (Å²) in [4.78, 5) is 10.9. The van der Waals surface area contributed by atoms with Gasteiger partial charge in [0.05, 0.1) is 5.38 Å². The maximum absolute atomic E-state index is 10.9. The molecule has 0 spiro atoms. The highest BCUT2D eigenvalue weighted by Crippen LogP contribution is 2.35. The SMILES string of the molecule is CC(C(N)=O)C1CCC(Cl)C(Cl)C1. The van der Waals surface area contributed by atoms with Crippen LogP contribution in [-0.4, -0.2) is 16.7 Å². The van der Waals surface area contributed by atoms with Crippen LogP contribution in [0.1, 0.15) is 26.2 Å². The quantitative estimate of drug-likeness (QED) is 0.717. The number of carbonyl (C=O) groups excluding carboxylic acids is 1.